The summed E-state index contributed by atoms with van der Waals surface area (Å²) in [6, 6.07) is 1.96. The summed E-state index contributed by atoms with van der Waals surface area (Å²) in [6.45, 7) is 5.90. The van der Waals surface area contributed by atoms with Gasteiger partial charge < -0.3 is 9.47 Å². The highest BCUT2D eigenvalue weighted by Gasteiger charge is 2.48. The van der Waals surface area contributed by atoms with E-state index in [1.807, 2.05) is 6.07 Å². The topological polar surface area (TPSA) is 44.2 Å². The lowest BCUT2D eigenvalue weighted by molar-refractivity contribution is -0.160. The second-order valence-corrected chi connectivity index (χ2v) is 5.88. The molecule has 0 N–H and O–H groups in total. The maximum atomic E-state index is 5.87. The summed E-state index contributed by atoms with van der Waals surface area (Å²) >= 11 is 0. The van der Waals surface area contributed by atoms with Crippen molar-refractivity contribution in [2.75, 3.05) is 13.2 Å². The molecular weight excluding hydrogens is 228 g/mol. The molecule has 0 unspecified atom stereocenters. The number of hydrogen-bond acceptors (Lipinski definition) is 4. The average molecular weight is 248 g/mol. The van der Waals surface area contributed by atoms with Crippen LogP contribution in [-0.2, 0) is 4.74 Å². The van der Waals surface area contributed by atoms with E-state index in [2.05, 4.69) is 23.8 Å². The molecule has 1 aromatic rings. The standard InChI is InChI=1S/C14H20N2O2/c1-10(2)12-5-13(16-9-15-12)18-8-14-3-4-17-11(6-14)7-14/h5,9-11H,3-4,6-8H2,1-2H3. The fourth-order valence-electron chi connectivity index (χ4n) is 2.84. The Morgan fingerprint density at radius 2 is 2.28 bits per heavy atom. The summed E-state index contributed by atoms with van der Waals surface area (Å²) in [7, 11) is 0. The molecule has 3 heterocycles. The van der Waals surface area contributed by atoms with Crippen molar-refractivity contribution in [3.05, 3.63) is 18.1 Å². The lowest BCUT2D eigenvalue weighted by Gasteiger charge is -2.51. The van der Waals surface area contributed by atoms with Crippen LogP contribution in [0.3, 0.4) is 0 Å². The van der Waals surface area contributed by atoms with Crippen LogP contribution in [0.5, 0.6) is 5.88 Å². The molecule has 3 aliphatic rings. The molecule has 4 heteroatoms. The smallest absolute Gasteiger partial charge is 0.216 e. The molecule has 4 nitrogen and oxygen atoms in total. The van der Waals surface area contributed by atoms with Crippen LogP contribution in [0.25, 0.3) is 0 Å². The first-order valence-electron chi connectivity index (χ1n) is 6.73. The number of ether oxygens (including phenoxy) is 2. The predicted octanol–water partition coefficient (Wildman–Crippen LogP) is 2.55. The molecule has 3 fully saturated rings. The summed E-state index contributed by atoms with van der Waals surface area (Å²) in [5, 5.41) is 0. The Kier molecular flexibility index (Phi) is 2.98. The zero-order valence-electron chi connectivity index (χ0n) is 11.1. The monoisotopic (exact) mass is 248 g/mol. The summed E-state index contributed by atoms with van der Waals surface area (Å²) in [4.78, 5) is 8.44. The van der Waals surface area contributed by atoms with Gasteiger partial charge in [-0.05, 0) is 25.2 Å². The summed E-state index contributed by atoms with van der Waals surface area (Å²) in [5.41, 5.74) is 1.39. The van der Waals surface area contributed by atoms with Gasteiger partial charge in [-0.3, -0.25) is 0 Å². The second-order valence-electron chi connectivity index (χ2n) is 5.88. The summed E-state index contributed by atoms with van der Waals surface area (Å²) in [5.74, 6) is 1.11. The SMILES string of the molecule is CC(C)c1cc(OCC23CCOC(C2)C3)ncn1. The van der Waals surface area contributed by atoms with E-state index in [0.717, 1.165) is 38.2 Å². The van der Waals surface area contributed by atoms with Gasteiger partial charge in [0, 0.05) is 18.1 Å². The van der Waals surface area contributed by atoms with E-state index in [0.29, 0.717) is 23.3 Å². The third-order valence-corrected chi connectivity index (χ3v) is 4.09. The zero-order chi connectivity index (χ0) is 12.6. The zero-order valence-corrected chi connectivity index (χ0v) is 11.1. The van der Waals surface area contributed by atoms with Crippen molar-refractivity contribution in [3.8, 4) is 5.88 Å². The van der Waals surface area contributed by atoms with Crippen molar-refractivity contribution in [3.63, 3.8) is 0 Å². The Labute approximate surface area is 108 Å². The molecule has 0 atom stereocenters. The highest BCUT2D eigenvalue weighted by Crippen LogP contribution is 2.49. The van der Waals surface area contributed by atoms with Crippen molar-refractivity contribution in [2.45, 2.75) is 45.1 Å². The average Bonchev–Trinajstić information content (AvgIpc) is 2.36. The molecule has 0 aromatic carbocycles. The van der Waals surface area contributed by atoms with Gasteiger partial charge in [0.15, 0.2) is 0 Å². The van der Waals surface area contributed by atoms with Crippen LogP contribution < -0.4 is 4.74 Å². The Bertz CT molecular complexity index is 422. The van der Waals surface area contributed by atoms with Crippen molar-refractivity contribution in [2.24, 2.45) is 5.41 Å². The molecule has 2 saturated heterocycles. The van der Waals surface area contributed by atoms with E-state index in [1.165, 1.54) is 0 Å². The number of fused-ring (bicyclic) bond motifs is 2. The highest BCUT2D eigenvalue weighted by molar-refractivity contribution is 5.16. The quantitative estimate of drug-likeness (QED) is 0.821. The fourth-order valence-corrected chi connectivity index (χ4v) is 2.84. The van der Waals surface area contributed by atoms with E-state index in [4.69, 9.17) is 9.47 Å². The van der Waals surface area contributed by atoms with E-state index >= 15 is 0 Å². The molecule has 4 rings (SSSR count). The largest absolute Gasteiger partial charge is 0.477 e. The second kappa shape index (κ2) is 4.50. The van der Waals surface area contributed by atoms with Gasteiger partial charge in [0.1, 0.15) is 6.33 Å². The lowest BCUT2D eigenvalue weighted by atomic mass is 9.63. The molecular formula is C14H20N2O2. The van der Waals surface area contributed by atoms with Crippen LogP contribution in [0, 0.1) is 5.41 Å². The molecule has 1 aliphatic carbocycles. The van der Waals surface area contributed by atoms with Crippen molar-refractivity contribution >= 4 is 0 Å². The Balaban J connectivity index is 1.61. The third kappa shape index (κ3) is 2.21. The molecule has 1 aromatic heterocycles. The first kappa shape index (κ1) is 11.9. The van der Waals surface area contributed by atoms with Crippen LogP contribution in [0.1, 0.15) is 44.7 Å². The fraction of sp³-hybridized carbons (Fsp3) is 0.714. The molecule has 0 spiro atoms. The first-order valence-corrected chi connectivity index (χ1v) is 6.73. The maximum absolute atomic E-state index is 5.87. The molecule has 1 saturated carbocycles. The van der Waals surface area contributed by atoms with Gasteiger partial charge in [-0.2, -0.15) is 0 Å². The van der Waals surface area contributed by atoms with Crippen molar-refractivity contribution < 1.29 is 9.47 Å². The van der Waals surface area contributed by atoms with Gasteiger partial charge in [-0.15, -0.1) is 0 Å². The number of nitrogens with zero attached hydrogens (tertiary/aromatic N) is 2. The molecule has 98 valence electrons. The van der Waals surface area contributed by atoms with Gasteiger partial charge in [0.25, 0.3) is 0 Å². The lowest BCUT2D eigenvalue weighted by Crippen LogP contribution is -2.51. The number of rotatable bonds is 4. The number of hydrogen-bond donors (Lipinski definition) is 0. The van der Waals surface area contributed by atoms with Crippen molar-refractivity contribution in [1.29, 1.82) is 0 Å². The van der Waals surface area contributed by atoms with E-state index in [1.54, 1.807) is 6.33 Å². The summed E-state index contributed by atoms with van der Waals surface area (Å²) < 4.78 is 11.5. The third-order valence-electron chi connectivity index (χ3n) is 4.09. The molecule has 18 heavy (non-hydrogen) atoms. The van der Waals surface area contributed by atoms with Gasteiger partial charge in [-0.25, -0.2) is 9.97 Å². The van der Waals surface area contributed by atoms with Crippen LogP contribution >= 0.6 is 0 Å². The van der Waals surface area contributed by atoms with E-state index in [-0.39, 0.29) is 0 Å². The van der Waals surface area contributed by atoms with Crippen LogP contribution in [0.2, 0.25) is 0 Å². The maximum Gasteiger partial charge on any atom is 0.216 e. The van der Waals surface area contributed by atoms with Gasteiger partial charge in [0.2, 0.25) is 5.88 Å². The van der Waals surface area contributed by atoms with Crippen molar-refractivity contribution in [1.82, 2.24) is 9.97 Å². The summed E-state index contributed by atoms with van der Waals surface area (Å²) in [6.07, 6.45) is 5.49. The van der Waals surface area contributed by atoms with Gasteiger partial charge in [0.05, 0.1) is 18.4 Å². The molecule has 2 aliphatic heterocycles. The molecule has 0 radical (unpaired) electrons. The minimum atomic E-state index is 0.353. The van der Waals surface area contributed by atoms with Crippen LogP contribution in [0.4, 0.5) is 0 Å². The number of aromatic nitrogens is 2. The minimum Gasteiger partial charge on any atom is -0.477 e. The Hall–Kier alpha value is -1.16. The van der Waals surface area contributed by atoms with E-state index < -0.39 is 0 Å². The molecule has 0 amide bonds. The van der Waals surface area contributed by atoms with E-state index in [9.17, 15) is 0 Å². The highest BCUT2D eigenvalue weighted by atomic mass is 16.5. The van der Waals surface area contributed by atoms with Crippen LogP contribution in [-0.4, -0.2) is 29.3 Å². The van der Waals surface area contributed by atoms with Gasteiger partial charge >= 0.3 is 0 Å². The minimum absolute atomic E-state index is 0.353. The van der Waals surface area contributed by atoms with Gasteiger partial charge in [-0.1, -0.05) is 13.8 Å². The first-order chi connectivity index (χ1) is 8.67. The predicted molar refractivity (Wildman–Crippen MR) is 67.6 cm³/mol. The molecule has 2 bridgehead atoms. The Morgan fingerprint density at radius 3 is 2.94 bits per heavy atom. The van der Waals surface area contributed by atoms with Crippen LogP contribution in [0.15, 0.2) is 12.4 Å². The Morgan fingerprint density at radius 1 is 1.44 bits per heavy atom. The normalized spacial score (nSPS) is 30.1.